The summed E-state index contributed by atoms with van der Waals surface area (Å²) in [5, 5.41) is 0. The first-order valence-corrected chi connectivity index (χ1v) is 6.79. The van der Waals surface area contributed by atoms with Crippen molar-refractivity contribution >= 4 is 22.4 Å². The summed E-state index contributed by atoms with van der Waals surface area (Å²) in [6.07, 6.45) is 6.07. The van der Waals surface area contributed by atoms with E-state index in [1.165, 1.54) is 4.88 Å². The number of nitrogens with two attached hydrogens (primary N) is 1. The van der Waals surface area contributed by atoms with Crippen molar-refractivity contribution in [3.05, 3.63) is 52.7 Å². The Morgan fingerprint density at radius 1 is 1.21 bits per heavy atom. The SMILES string of the molecule is NNC(Cc1cncs1)c1ccc2nccnc2c1. The highest BCUT2D eigenvalue weighted by Crippen LogP contribution is 2.22. The zero-order chi connectivity index (χ0) is 13.1. The van der Waals surface area contributed by atoms with Crippen molar-refractivity contribution in [1.29, 1.82) is 0 Å². The highest BCUT2D eigenvalue weighted by atomic mass is 32.1. The molecule has 0 aliphatic rings. The van der Waals surface area contributed by atoms with Crippen molar-refractivity contribution in [2.75, 3.05) is 0 Å². The Kier molecular flexibility index (Phi) is 3.45. The lowest BCUT2D eigenvalue weighted by molar-refractivity contribution is 0.555. The Morgan fingerprint density at radius 2 is 2.05 bits per heavy atom. The maximum Gasteiger partial charge on any atom is 0.0890 e. The van der Waals surface area contributed by atoms with Gasteiger partial charge in [-0.1, -0.05) is 6.07 Å². The minimum absolute atomic E-state index is 0.0480. The summed E-state index contributed by atoms with van der Waals surface area (Å²) >= 11 is 1.63. The zero-order valence-corrected chi connectivity index (χ0v) is 11.0. The second-order valence-electron chi connectivity index (χ2n) is 4.20. The number of hydrogen-bond donors (Lipinski definition) is 2. The van der Waals surface area contributed by atoms with Crippen LogP contribution in [0.15, 0.2) is 42.3 Å². The molecule has 1 aromatic carbocycles. The van der Waals surface area contributed by atoms with E-state index in [1.54, 1.807) is 23.7 Å². The third kappa shape index (κ3) is 2.60. The van der Waals surface area contributed by atoms with E-state index in [1.807, 2.05) is 29.9 Å². The topological polar surface area (TPSA) is 76.7 Å². The molecule has 0 spiro atoms. The molecule has 96 valence electrons. The van der Waals surface area contributed by atoms with Gasteiger partial charge in [-0.05, 0) is 17.7 Å². The number of hydrazine groups is 1. The highest BCUT2D eigenvalue weighted by Gasteiger charge is 2.12. The Labute approximate surface area is 114 Å². The van der Waals surface area contributed by atoms with Crippen molar-refractivity contribution in [1.82, 2.24) is 20.4 Å². The molecule has 3 N–H and O–H groups in total. The number of aromatic nitrogens is 3. The number of nitrogens with one attached hydrogen (secondary N) is 1. The van der Waals surface area contributed by atoms with E-state index in [0.29, 0.717) is 0 Å². The van der Waals surface area contributed by atoms with Crippen LogP contribution in [0.5, 0.6) is 0 Å². The van der Waals surface area contributed by atoms with Gasteiger partial charge in [0, 0.05) is 29.9 Å². The number of fused-ring (bicyclic) bond motifs is 1. The molecule has 0 fully saturated rings. The van der Waals surface area contributed by atoms with Gasteiger partial charge in [-0.2, -0.15) is 0 Å². The minimum Gasteiger partial charge on any atom is -0.271 e. The summed E-state index contributed by atoms with van der Waals surface area (Å²) < 4.78 is 0. The van der Waals surface area contributed by atoms with Crippen LogP contribution in [0.2, 0.25) is 0 Å². The lowest BCUT2D eigenvalue weighted by atomic mass is 10.0. The van der Waals surface area contributed by atoms with Gasteiger partial charge in [0.15, 0.2) is 0 Å². The molecule has 2 heterocycles. The van der Waals surface area contributed by atoms with Gasteiger partial charge in [0.2, 0.25) is 0 Å². The number of rotatable bonds is 4. The first kappa shape index (κ1) is 12.2. The summed E-state index contributed by atoms with van der Waals surface area (Å²) in [4.78, 5) is 13.9. The molecule has 0 aliphatic carbocycles. The van der Waals surface area contributed by atoms with Crippen LogP contribution in [0, 0.1) is 0 Å². The standard InChI is InChI=1S/C13H13N5S/c14-18-12(6-10-7-15-8-19-10)9-1-2-11-13(5-9)17-4-3-16-11/h1-5,7-8,12,18H,6,14H2. The van der Waals surface area contributed by atoms with Gasteiger partial charge in [0.1, 0.15) is 0 Å². The third-order valence-corrected chi connectivity index (χ3v) is 3.79. The second-order valence-corrected chi connectivity index (χ2v) is 5.17. The first-order chi connectivity index (χ1) is 9.36. The molecule has 5 nitrogen and oxygen atoms in total. The molecule has 1 atom stereocenters. The molecular formula is C13H13N5S. The van der Waals surface area contributed by atoms with E-state index in [4.69, 9.17) is 5.84 Å². The van der Waals surface area contributed by atoms with Crippen LogP contribution >= 0.6 is 11.3 Å². The summed E-state index contributed by atoms with van der Waals surface area (Å²) in [6.45, 7) is 0. The van der Waals surface area contributed by atoms with Crippen molar-refractivity contribution in [2.24, 2.45) is 5.84 Å². The molecule has 0 bridgehead atoms. The zero-order valence-electron chi connectivity index (χ0n) is 10.2. The summed E-state index contributed by atoms with van der Waals surface area (Å²) in [7, 11) is 0. The van der Waals surface area contributed by atoms with Crippen LogP contribution in [0.1, 0.15) is 16.5 Å². The molecule has 0 saturated carbocycles. The van der Waals surface area contributed by atoms with Crippen molar-refractivity contribution in [3.8, 4) is 0 Å². The molecule has 0 aliphatic heterocycles. The summed E-state index contributed by atoms with van der Waals surface area (Å²) in [5.74, 6) is 5.66. The molecule has 3 aromatic rings. The molecule has 1 unspecified atom stereocenters. The molecular weight excluding hydrogens is 258 g/mol. The molecule has 19 heavy (non-hydrogen) atoms. The van der Waals surface area contributed by atoms with Crippen LogP contribution in [0.25, 0.3) is 11.0 Å². The predicted octanol–water partition coefficient (Wildman–Crippen LogP) is 1.83. The average Bonchev–Trinajstić information content (AvgIpc) is 2.97. The van der Waals surface area contributed by atoms with Crippen molar-refractivity contribution in [2.45, 2.75) is 12.5 Å². The fourth-order valence-corrected chi connectivity index (χ4v) is 2.66. The van der Waals surface area contributed by atoms with Crippen LogP contribution < -0.4 is 11.3 Å². The highest BCUT2D eigenvalue weighted by molar-refractivity contribution is 7.09. The van der Waals surface area contributed by atoms with Crippen molar-refractivity contribution < 1.29 is 0 Å². The Hall–Kier alpha value is -1.89. The lowest BCUT2D eigenvalue weighted by Gasteiger charge is -2.15. The van der Waals surface area contributed by atoms with E-state index in [9.17, 15) is 0 Å². The molecule has 2 aromatic heterocycles. The van der Waals surface area contributed by atoms with E-state index < -0.39 is 0 Å². The molecule has 0 saturated heterocycles. The predicted molar refractivity (Wildman–Crippen MR) is 75.4 cm³/mol. The van der Waals surface area contributed by atoms with Gasteiger partial charge in [0.05, 0.1) is 22.6 Å². The maximum absolute atomic E-state index is 5.66. The van der Waals surface area contributed by atoms with Gasteiger partial charge in [0.25, 0.3) is 0 Å². The summed E-state index contributed by atoms with van der Waals surface area (Å²) in [6, 6.07) is 6.07. The van der Waals surface area contributed by atoms with Crippen molar-refractivity contribution in [3.63, 3.8) is 0 Å². The molecule has 6 heteroatoms. The van der Waals surface area contributed by atoms with Gasteiger partial charge in [-0.25, -0.2) is 0 Å². The molecule has 0 radical (unpaired) electrons. The lowest BCUT2D eigenvalue weighted by Crippen LogP contribution is -2.29. The summed E-state index contributed by atoms with van der Waals surface area (Å²) in [5.41, 5.74) is 7.55. The van der Waals surface area contributed by atoms with Gasteiger partial charge < -0.3 is 0 Å². The minimum atomic E-state index is 0.0480. The fourth-order valence-electron chi connectivity index (χ4n) is 2.01. The first-order valence-electron chi connectivity index (χ1n) is 5.91. The fraction of sp³-hybridized carbons (Fsp3) is 0.154. The van der Waals surface area contributed by atoms with Gasteiger partial charge in [-0.15, -0.1) is 11.3 Å². The number of nitrogens with zero attached hydrogens (tertiary/aromatic N) is 3. The number of benzene rings is 1. The monoisotopic (exact) mass is 271 g/mol. The Bertz CT molecular complexity index is 668. The largest absolute Gasteiger partial charge is 0.271 e. The van der Waals surface area contributed by atoms with Crippen LogP contribution in [0.3, 0.4) is 0 Å². The van der Waals surface area contributed by atoms with E-state index in [0.717, 1.165) is 23.0 Å². The van der Waals surface area contributed by atoms with Gasteiger partial charge >= 0.3 is 0 Å². The number of hydrogen-bond acceptors (Lipinski definition) is 6. The van der Waals surface area contributed by atoms with Crippen LogP contribution in [-0.2, 0) is 6.42 Å². The van der Waals surface area contributed by atoms with Crippen LogP contribution in [0.4, 0.5) is 0 Å². The normalized spacial score (nSPS) is 12.7. The Balaban J connectivity index is 1.92. The molecule has 0 amide bonds. The second kappa shape index (κ2) is 5.40. The third-order valence-electron chi connectivity index (χ3n) is 2.99. The van der Waals surface area contributed by atoms with E-state index in [2.05, 4.69) is 20.4 Å². The van der Waals surface area contributed by atoms with Crippen LogP contribution in [-0.4, -0.2) is 15.0 Å². The Morgan fingerprint density at radius 3 is 2.79 bits per heavy atom. The number of thiazole rings is 1. The average molecular weight is 271 g/mol. The van der Waals surface area contributed by atoms with E-state index >= 15 is 0 Å². The maximum atomic E-state index is 5.66. The quantitative estimate of drug-likeness (QED) is 0.559. The van der Waals surface area contributed by atoms with E-state index in [-0.39, 0.29) is 6.04 Å². The molecule has 3 rings (SSSR count). The smallest absolute Gasteiger partial charge is 0.0890 e. The van der Waals surface area contributed by atoms with Gasteiger partial charge in [-0.3, -0.25) is 26.2 Å².